The van der Waals surface area contributed by atoms with Crippen LogP contribution in [0.2, 0.25) is 0 Å². The van der Waals surface area contributed by atoms with Crippen LogP contribution in [-0.2, 0) is 70.4 Å². The third-order valence-electron chi connectivity index (χ3n) is 10.6. The van der Waals surface area contributed by atoms with Gasteiger partial charge in [0.2, 0.25) is 11.8 Å². The van der Waals surface area contributed by atoms with Gasteiger partial charge in [0.15, 0.2) is 0 Å². The van der Waals surface area contributed by atoms with Gasteiger partial charge in [-0.2, -0.15) is 0 Å². The van der Waals surface area contributed by atoms with E-state index >= 15 is 0 Å². The maximum Gasteiger partial charge on any atom is 0.407 e. The number of nitrogens with one attached hydrogen (secondary N) is 3. The van der Waals surface area contributed by atoms with Crippen LogP contribution in [0.15, 0.2) is 60.7 Å². The number of carbonyl (C=O) groups is 7. The zero-order chi connectivity index (χ0) is 49.8. The van der Waals surface area contributed by atoms with Crippen LogP contribution >= 0.6 is 0 Å². The van der Waals surface area contributed by atoms with Crippen molar-refractivity contribution < 1.29 is 62.0 Å². The van der Waals surface area contributed by atoms with Crippen LogP contribution in [0.25, 0.3) is 0 Å². The number of unbranched alkanes of at least 4 members (excludes halogenated alkanes) is 4. The first-order valence-electron chi connectivity index (χ1n) is 24.0. The number of hydrogen-bond acceptors (Lipinski definition) is 14. The SMILES string of the molecule is COC(=O)[C@H](CCC(=O)NCCCCCN(CCCCCNC(=O)CC[C@H](CC(=O)OCc1ccccc1)C(C)=O)CCOCCOCCNC(=O)OC(C)(C)C)CC(=O)OCc1ccccc1. The lowest BCUT2D eigenvalue weighted by molar-refractivity contribution is -0.154. The van der Waals surface area contributed by atoms with E-state index in [0.29, 0.717) is 52.6 Å². The Morgan fingerprint density at radius 2 is 1.06 bits per heavy atom. The van der Waals surface area contributed by atoms with Crippen molar-refractivity contribution >= 4 is 41.6 Å². The van der Waals surface area contributed by atoms with E-state index in [9.17, 15) is 33.6 Å². The molecule has 17 nitrogen and oxygen atoms in total. The molecule has 3 amide bonds. The number of methoxy groups -OCH3 is 1. The van der Waals surface area contributed by atoms with Gasteiger partial charge in [-0.1, -0.05) is 73.5 Å². The molecule has 0 radical (unpaired) electrons. The fraction of sp³-hybridized carbons (Fsp3) is 0.627. The smallest absolute Gasteiger partial charge is 0.407 e. The number of ether oxygens (including phenoxy) is 6. The van der Waals surface area contributed by atoms with E-state index in [4.69, 9.17) is 28.4 Å². The van der Waals surface area contributed by atoms with Gasteiger partial charge in [-0.25, -0.2) is 4.79 Å². The summed E-state index contributed by atoms with van der Waals surface area (Å²) in [5.74, 6) is -3.42. The zero-order valence-electron chi connectivity index (χ0n) is 41.2. The lowest BCUT2D eigenvalue weighted by Crippen LogP contribution is -2.34. The number of benzene rings is 2. The molecule has 0 spiro atoms. The Labute approximate surface area is 403 Å². The van der Waals surface area contributed by atoms with Crippen molar-refractivity contribution in [1.29, 1.82) is 0 Å². The van der Waals surface area contributed by atoms with Gasteiger partial charge in [-0.05, 0) is 90.4 Å². The summed E-state index contributed by atoms with van der Waals surface area (Å²) in [5, 5.41) is 8.51. The third-order valence-corrected chi connectivity index (χ3v) is 10.6. The average molecular weight is 955 g/mol. The molecule has 0 aliphatic heterocycles. The number of alkyl carbamates (subject to hydrolysis) is 1. The predicted molar refractivity (Wildman–Crippen MR) is 256 cm³/mol. The summed E-state index contributed by atoms with van der Waals surface area (Å²) in [6.07, 6.45) is 5.08. The fourth-order valence-corrected chi connectivity index (χ4v) is 6.82. The molecule has 0 aliphatic rings. The summed E-state index contributed by atoms with van der Waals surface area (Å²) < 4.78 is 32.2. The van der Waals surface area contributed by atoms with Crippen molar-refractivity contribution in [2.75, 3.05) is 72.8 Å². The molecule has 17 heteroatoms. The summed E-state index contributed by atoms with van der Waals surface area (Å²) in [6.45, 7) is 12.4. The van der Waals surface area contributed by atoms with Crippen LogP contribution < -0.4 is 16.0 Å². The van der Waals surface area contributed by atoms with E-state index in [-0.39, 0.29) is 69.3 Å². The summed E-state index contributed by atoms with van der Waals surface area (Å²) in [6, 6.07) is 18.5. The highest BCUT2D eigenvalue weighted by Crippen LogP contribution is 2.17. The number of nitrogens with zero attached hydrogens (tertiary/aromatic N) is 1. The van der Waals surface area contributed by atoms with Crippen LogP contribution in [0, 0.1) is 11.8 Å². The predicted octanol–water partition coefficient (Wildman–Crippen LogP) is 6.24. The molecule has 0 saturated heterocycles. The zero-order valence-corrected chi connectivity index (χ0v) is 41.2. The number of rotatable bonds is 37. The maximum absolute atomic E-state index is 12.6. The molecule has 380 valence electrons. The lowest BCUT2D eigenvalue weighted by atomic mass is 9.95. The molecular formula is C51H78N4O13. The summed E-state index contributed by atoms with van der Waals surface area (Å²) in [4.78, 5) is 88.8. The minimum absolute atomic E-state index is 0.0607. The third kappa shape index (κ3) is 30.8. The van der Waals surface area contributed by atoms with Crippen molar-refractivity contribution in [1.82, 2.24) is 20.9 Å². The molecule has 0 aromatic heterocycles. The first-order chi connectivity index (χ1) is 32.6. The number of carbonyl (C=O) groups excluding carboxylic acids is 7. The Hall–Kier alpha value is -5.39. The molecule has 68 heavy (non-hydrogen) atoms. The molecular weight excluding hydrogens is 877 g/mol. The number of hydrogen-bond donors (Lipinski definition) is 3. The molecule has 0 saturated carbocycles. The van der Waals surface area contributed by atoms with Crippen LogP contribution in [0.1, 0.15) is 116 Å². The summed E-state index contributed by atoms with van der Waals surface area (Å²) in [7, 11) is 1.25. The summed E-state index contributed by atoms with van der Waals surface area (Å²) >= 11 is 0. The Bertz CT molecular complexity index is 1760. The van der Waals surface area contributed by atoms with Crippen molar-refractivity contribution in [3.8, 4) is 0 Å². The second-order valence-corrected chi connectivity index (χ2v) is 17.6. The molecule has 0 fully saturated rings. The maximum atomic E-state index is 12.6. The van der Waals surface area contributed by atoms with E-state index < -0.39 is 41.4 Å². The quantitative estimate of drug-likeness (QED) is 0.0389. The topological polar surface area (TPSA) is 214 Å². The molecule has 2 aromatic carbocycles. The highest BCUT2D eigenvalue weighted by molar-refractivity contribution is 5.84. The Morgan fingerprint density at radius 3 is 1.54 bits per heavy atom. The van der Waals surface area contributed by atoms with Gasteiger partial charge in [0.05, 0.1) is 52.3 Å². The van der Waals surface area contributed by atoms with Crippen LogP contribution in [0.5, 0.6) is 0 Å². The van der Waals surface area contributed by atoms with Crippen LogP contribution in [0.4, 0.5) is 4.79 Å². The van der Waals surface area contributed by atoms with E-state index in [1.165, 1.54) is 14.0 Å². The Morgan fingerprint density at radius 1 is 0.574 bits per heavy atom. The van der Waals surface area contributed by atoms with E-state index in [1.54, 1.807) is 20.8 Å². The summed E-state index contributed by atoms with van der Waals surface area (Å²) in [5.41, 5.74) is 1.13. The Balaban J connectivity index is 1.70. The standard InChI is InChI=1S/C51H78N4O13/c1-40(56)43(36-47(59)66-38-41-18-10-6-11-19-41)22-24-45(57)52-26-14-8-16-29-55(31-33-65-35-34-64-32-28-54-50(62)68-51(2,3)4)30-17-9-15-27-53-46(58)25-23-44(49(61)63-5)37-48(60)67-39-42-20-12-7-13-21-42/h6-7,10-13,18-21,43-44H,8-9,14-17,22-39H2,1-5H3,(H,52,57)(H,53,58)(H,54,62)/t43-,44-/m1/s1. The van der Waals surface area contributed by atoms with Crippen LogP contribution in [-0.4, -0.2) is 125 Å². The molecule has 0 heterocycles. The average Bonchev–Trinajstić information content (AvgIpc) is 3.31. The monoisotopic (exact) mass is 955 g/mol. The van der Waals surface area contributed by atoms with E-state index in [1.807, 2.05) is 60.7 Å². The van der Waals surface area contributed by atoms with Gasteiger partial charge in [-0.3, -0.25) is 28.8 Å². The second-order valence-electron chi connectivity index (χ2n) is 17.6. The van der Waals surface area contributed by atoms with Gasteiger partial charge < -0.3 is 49.3 Å². The first kappa shape index (κ1) is 58.7. The minimum atomic E-state index is -0.781. The second kappa shape index (κ2) is 35.7. The highest BCUT2D eigenvalue weighted by atomic mass is 16.6. The van der Waals surface area contributed by atoms with Crippen molar-refractivity contribution in [3.05, 3.63) is 71.8 Å². The molecule has 2 atom stereocenters. The van der Waals surface area contributed by atoms with Gasteiger partial charge in [0.25, 0.3) is 0 Å². The van der Waals surface area contributed by atoms with Gasteiger partial charge in [-0.15, -0.1) is 0 Å². The molecule has 3 N–H and O–H groups in total. The van der Waals surface area contributed by atoms with Gasteiger partial charge in [0.1, 0.15) is 24.6 Å². The van der Waals surface area contributed by atoms with E-state index in [0.717, 1.165) is 62.7 Å². The Kier molecular flexibility index (Phi) is 30.8. The van der Waals surface area contributed by atoms with Gasteiger partial charge in [0, 0.05) is 44.9 Å². The largest absolute Gasteiger partial charge is 0.469 e. The molecule has 2 rings (SSSR count). The number of Topliss-reactive ketones (excluding diaryl/α,β-unsaturated/α-hetero) is 1. The number of ketones is 1. The van der Waals surface area contributed by atoms with E-state index in [2.05, 4.69) is 20.9 Å². The molecule has 0 bridgehead atoms. The molecule has 0 aliphatic carbocycles. The lowest BCUT2D eigenvalue weighted by Gasteiger charge is -2.22. The van der Waals surface area contributed by atoms with Crippen molar-refractivity contribution in [3.63, 3.8) is 0 Å². The highest BCUT2D eigenvalue weighted by Gasteiger charge is 2.25. The van der Waals surface area contributed by atoms with Crippen molar-refractivity contribution in [2.45, 2.75) is 124 Å². The number of esters is 3. The molecule has 2 aromatic rings. The normalized spacial score (nSPS) is 12.1. The van der Waals surface area contributed by atoms with Crippen molar-refractivity contribution in [2.24, 2.45) is 11.8 Å². The minimum Gasteiger partial charge on any atom is -0.469 e. The number of amides is 3. The van der Waals surface area contributed by atoms with Crippen LogP contribution in [0.3, 0.4) is 0 Å². The van der Waals surface area contributed by atoms with Gasteiger partial charge >= 0.3 is 24.0 Å². The fourth-order valence-electron chi connectivity index (χ4n) is 6.82. The first-order valence-corrected chi connectivity index (χ1v) is 24.0. The molecule has 0 unspecified atom stereocenters.